The Morgan fingerprint density at radius 1 is 1.50 bits per heavy atom. The van der Waals surface area contributed by atoms with E-state index >= 15 is 0 Å². The van der Waals surface area contributed by atoms with Crippen molar-refractivity contribution in [2.24, 2.45) is 11.8 Å². The Kier molecular flexibility index (Phi) is 2.52. The van der Waals surface area contributed by atoms with Crippen LogP contribution in [-0.2, 0) is 0 Å². The van der Waals surface area contributed by atoms with Crippen LogP contribution in [0.1, 0.15) is 19.8 Å². The molecule has 0 aromatic heterocycles. The van der Waals surface area contributed by atoms with Gasteiger partial charge in [-0.15, -0.1) is 0 Å². The third-order valence-corrected chi connectivity index (χ3v) is 3.38. The van der Waals surface area contributed by atoms with E-state index in [0.717, 1.165) is 19.5 Å². The second-order valence-electron chi connectivity index (χ2n) is 4.75. The Morgan fingerprint density at radius 2 is 2.14 bits per heavy atom. The SMILES string of the molecule is CC1CN(CC2CC2(F)F)CCC1O. The molecule has 1 N–H and O–H groups in total. The first-order valence-corrected chi connectivity index (χ1v) is 5.27. The predicted octanol–water partition coefficient (Wildman–Crippen LogP) is 1.34. The van der Waals surface area contributed by atoms with E-state index in [1.807, 2.05) is 6.92 Å². The summed E-state index contributed by atoms with van der Waals surface area (Å²) in [5.41, 5.74) is 0. The molecule has 4 heteroatoms. The number of aliphatic hydroxyl groups is 1. The molecule has 0 radical (unpaired) electrons. The van der Waals surface area contributed by atoms with Crippen LogP contribution in [0.5, 0.6) is 0 Å². The molecule has 1 heterocycles. The number of alkyl halides is 2. The van der Waals surface area contributed by atoms with E-state index in [2.05, 4.69) is 4.90 Å². The van der Waals surface area contributed by atoms with E-state index in [-0.39, 0.29) is 18.4 Å². The molecule has 2 rings (SSSR count). The van der Waals surface area contributed by atoms with Gasteiger partial charge in [0, 0.05) is 32.0 Å². The fourth-order valence-corrected chi connectivity index (χ4v) is 2.16. The van der Waals surface area contributed by atoms with Crippen molar-refractivity contribution in [3.8, 4) is 0 Å². The monoisotopic (exact) mass is 205 g/mol. The zero-order chi connectivity index (χ0) is 10.3. The topological polar surface area (TPSA) is 23.5 Å². The Hall–Kier alpha value is -0.220. The van der Waals surface area contributed by atoms with E-state index < -0.39 is 11.8 Å². The lowest BCUT2D eigenvalue weighted by molar-refractivity contribution is 0.0243. The van der Waals surface area contributed by atoms with Crippen LogP contribution in [0.15, 0.2) is 0 Å². The average molecular weight is 205 g/mol. The van der Waals surface area contributed by atoms with Gasteiger partial charge >= 0.3 is 0 Å². The second-order valence-corrected chi connectivity index (χ2v) is 4.75. The zero-order valence-corrected chi connectivity index (χ0v) is 8.42. The molecule has 1 aliphatic heterocycles. The summed E-state index contributed by atoms with van der Waals surface area (Å²) in [5.74, 6) is -2.61. The highest BCUT2D eigenvalue weighted by molar-refractivity contribution is 4.97. The van der Waals surface area contributed by atoms with Crippen LogP contribution in [0.4, 0.5) is 8.78 Å². The largest absolute Gasteiger partial charge is 0.393 e. The van der Waals surface area contributed by atoms with Crippen LogP contribution in [0.25, 0.3) is 0 Å². The molecule has 3 atom stereocenters. The van der Waals surface area contributed by atoms with Crippen LogP contribution in [0, 0.1) is 11.8 Å². The maximum absolute atomic E-state index is 12.6. The number of likely N-dealkylation sites (tertiary alicyclic amines) is 1. The van der Waals surface area contributed by atoms with E-state index in [0.29, 0.717) is 6.54 Å². The van der Waals surface area contributed by atoms with Gasteiger partial charge in [-0.25, -0.2) is 8.78 Å². The molecule has 0 aromatic rings. The number of aliphatic hydroxyl groups excluding tert-OH is 1. The molecule has 2 nitrogen and oxygen atoms in total. The quantitative estimate of drug-likeness (QED) is 0.735. The van der Waals surface area contributed by atoms with Gasteiger partial charge in [-0.2, -0.15) is 0 Å². The number of hydrogen-bond acceptors (Lipinski definition) is 2. The first-order valence-electron chi connectivity index (χ1n) is 5.27. The summed E-state index contributed by atoms with van der Waals surface area (Å²) in [5, 5.41) is 9.47. The van der Waals surface area contributed by atoms with Gasteiger partial charge in [0.1, 0.15) is 0 Å². The van der Waals surface area contributed by atoms with Crippen molar-refractivity contribution in [2.45, 2.75) is 31.8 Å². The number of piperidine rings is 1. The molecule has 82 valence electrons. The molecule has 3 unspecified atom stereocenters. The van der Waals surface area contributed by atoms with Gasteiger partial charge in [0.2, 0.25) is 0 Å². The van der Waals surface area contributed by atoms with Crippen molar-refractivity contribution < 1.29 is 13.9 Å². The molecule has 2 fully saturated rings. The highest BCUT2D eigenvalue weighted by Crippen LogP contribution is 2.49. The summed E-state index contributed by atoms with van der Waals surface area (Å²) in [6, 6.07) is 0. The smallest absolute Gasteiger partial charge is 0.252 e. The number of nitrogens with zero attached hydrogens (tertiary/aromatic N) is 1. The molecule has 0 bridgehead atoms. The third kappa shape index (κ3) is 2.06. The number of rotatable bonds is 2. The Labute approximate surface area is 82.9 Å². The molecule has 0 amide bonds. The van der Waals surface area contributed by atoms with Gasteiger partial charge in [0.25, 0.3) is 5.92 Å². The first-order chi connectivity index (χ1) is 6.49. The molecule has 0 spiro atoms. The van der Waals surface area contributed by atoms with E-state index in [9.17, 15) is 13.9 Å². The minimum absolute atomic E-state index is 0.0560. The zero-order valence-electron chi connectivity index (χ0n) is 8.42. The lowest BCUT2D eigenvalue weighted by Gasteiger charge is -2.34. The maximum atomic E-state index is 12.6. The van der Waals surface area contributed by atoms with Crippen LogP contribution < -0.4 is 0 Å². The van der Waals surface area contributed by atoms with Crippen LogP contribution >= 0.6 is 0 Å². The highest BCUT2D eigenvalue weighted by atomic mass is 19.3. The average Bonchev–Trinajstić information content (AvgIpc) is 2.67. The summed E-state index contributed by atoms with van der Waals surface area (Å²) in [4.78, 5) is 2.06. The summed E-state index contributed by atoms with van der Waals surface area (Å²) in [6.45, 7) is 4.00. The van der Waals surface area contributed by atoms with Crippen molar-refractivity contribution in [3.63, 3.8) is 0 Å². The van der Waals surface area contributed by atoms with Crippen molar-refractivity contribution in [3.05, 3.63) is 0 Å². The lowest BCUT2D eigenvalue weighted by Crippen LogP contribution is -2.43. The summed E-state index contributed by atoms with van der Waals surface area (Å²) >= 11 is 0. The molecular formula is C10H17F2NO. The van der Waals surface area contributed by atoms with Crippen LogP contribution in [0.2, 0.25) is 0 Å². The Bertz CT molecular complexity index is 222. The third-order valence-electron chi connectivity index (χ3n) is 3.38. The molecular weight excluding hydrogens is 188 g/mol. The number of halogens is 2. The van der Waals surface area contributed by atoms with Crippen molar-refractivity contribution in [2.75, 3.05) is 19.6 Å². The van der Waals surface area contributed by atoms with Gasteiger partial charge < -0.3 is 10.0 Å². The van der Waals surface area contributed by atoms with Crippen molar-refractivity contribution >= 4 is 0 Å². The first kappa shape index (κ1) is 10.3. The van der Waals surface area contributed by atoms with Gasteiger partial charge in [-0.1, -0.05) is 6.92 Å². The Morgan fingerprint density at radius 3 is 2.64 bits per heavy atom. The van der Waals surface area contributed by atoms with E-state index in [4.69, 9.17) is 0 Å². The molecule has 2 aliphatic rings. The Balaban J connectivity index is 1.78. The fourth-order valence-electron chi connectivity index (χ4n) is 2.16. The standard InChI is InChI=1S/C10H17F2NO/c1-7-5-13(3-2-9(7)14)6-8-4-10(8,11)12/h7-9,14H,2-6H2,1H3. The second kappa shape index (κ2) is 3.42. The molecule has 1 saturated carbocycles. The molecule has 14 heavy (non-hydrogen) atoms. The molecule has 1 aliphatic carbocycles. The summed E-state index contributed by atoms with van der Waals surface area (Å²) in [6.07, 6.45) is 0.533. The van der Waals surface area contributed by atoms with Crippen molar-refractivity contribution in [1.29, 1.82) is 0 Å². The van der Waals surface area contributed by atoms with Crippen LogP contribution in [0.3, 0.4) is 0 Å². The van der Waals surface area contributed by atoms with Gasteiger partial charge in [-0.05, 0) is 12.3 Å². The lowest BCUT2D eigenvalue weighted by atomic mass is 9.96. The van der Waals surface area contributed by atoms with Gasteiger partial charge in [0.05, 0.1) is 6.10 Å². The van der Waals surface area contributed by atoms with E-state index in [1.165, 1.54) is 0 Å². The van der Waals surface area contributed by atoms with Gasteiger partial charge in [0.15, 0.2) is 0 Å². The summed E-state index contributed by atoms with van der Waals surface area (Å²) in [7, 11) is 0. The molecule has 1 saturated heterocycles. The van der Waals surface area contributed by atoms with Crippen molar-refractivity contribution in [1.82, 2.24) is 4.90 Å². The summed E-state index contributed by atoms with van der Waals surface area (Å²) < 4.78 is 25.3. The minimum atomic E-state index is -2.40. The van der Waals surface area contributed by atoms with Gasteiger partial charge in [-0.3, -0.25) is 0 Å². The maximum Gasteiger partial charge on any atom is 0.252 e. The highest BCUT2D eigenvalue weighted by Gasteiger charge is 2.57. The molecule has 0 aromatic carbocycles. The van der Waals surface area contributed by atoms with Crippen LogP contribution in [-0.4, -0.2) is 41.7 Å². The predicted molar refractivity (Wildman–Crippen MR) is 49.3 cm³/mol. The minimum Gasteiger partial charge on any atom is -0.393 e. The fraction of sp³-hybridized carbons (Fsp3) is 1.00. The normalized spacial score (nSPS) is 42.4. The number of hydrogen-bond donors (Lipinski definition) is 1. The van der Waals surface area contributed by atoms with E-state index in [1.54, 1.807) is 0 Å².